The van der Waals surface area contributed by atoms with E-state index in [2.05, 4.69) is 21.6 Å². The van der Waals surface area contributed by atoms with Crippen LogP contribution in [0.3, 0.4) is 0 Å². The largest absolute Gasteiger partial charge is 0.416 e. The first kappa shape index (κ1) is 21.7. The summed E-state index contributed by atoms with van der Waals surface area (Å²) in [7, 11) is 0. The molecule has 0 saturated heterocycles. The molecule has 0 unspecified atom stereocenters. The quantitative estimate of drug-likeness (QED) is 0.334. The number of alkyl halides is 3. The number of halogens is 6. The van der Waals surface area contributed by atoms with Crippen molar-refractivity contribution in [3.8, 4) is 11.1 Å². The number of rotatable bonds is 5. The van der Waals surface area contributed by atoms with Gasteiger partial charge < -0.3 is 4.90 Å². The molecule has 1 aromatic carbocycles. The molecule has 2 heterocycles. The Bertz CT molecular complexity index is 1070. The lowest BCUT2D eigenvalue weighted by Crippen LogP contribution is -2.28. The Hall–Kier alpha value is -2.03. The highest BCUT2D eigenvalue weighted by molar-refractivity contribution is 6.41. The molecular formula is C18H15Cl3F3N5. The van der Waals surface area contributed by atoms with Gasteiger partial charge >= 0.3 is 6.18 Å². The van der Waals surface area contributed by atoms with Crippen molar-refractivity contribution >= 4 is 46.4 Å². The number of aromatic nitrogens is 4. The molecule has 3 rings (SSSR count). The van der Waals surface area contributed by atoms with Gasteiger partial charge in [0.25, 0.3) is 5.78 Å². The van der Waals surface area contributed by atoms with E-state index in [9.17, 15) is 13.2 Å². The lowest BCUT2D eigenvalue weighted by atomic mass is 10.0. The zero-order valence-corrected chi connectivity index (χ0v) is 17.6. The summed E-state index contributed by atoms with van der Waals surface area (Å²) in [6, 6.07) is 1.62. The Morgan fingerprint density at radius 1 is 1.17 bits per heavy atom. The van der Waals surface area contributed by atoms with Crippen LogP contribution in [0.25, 0.3) is 16.9 Å². The summed E-state index contributed by atoms with van der Waals surface area (Å²) in [6.45, 7) is 8.63. The van der Waals surface area contributed by atoms with Gasteiger partial charge in [0.1, 0.15) is 17.3 Å². The van der Waals surface area contributed by atoms with Gasteiger partial charge in [-0.05, 0) is 26.0 Å². The summed E-state index contributed by atoms with van der Waals surface area (Å²) in [5, 5.41) is 3.76. The first-order chi connectivity index (χ1) is 13.5. The molecule has 3 aromatic rings. The maximum atomic E-state index is 13.1. The van der Waals surface area contributed by atoms with Crippen LogP contribution in [0.5, 0.6) is 0 Å². The van der Waals surface area contributed by atoms with E-state index >= 15 is 0 Å². The molecule has 0 bridgehead atoms. The van der Waals surface area contributed by atoms with Gasteiger partial charge in [-0.2, -0.15) is 32.8 Å². The maximum Gasteiger partial charge on any atom is 0.416 e. The fraction of sp³-hybridized carbons (Fsp3) is 0.278. The van der Waals surface area contributed by atoms with E-state index in [0.29, 0.717) is 18.9 Å². The average Bonchev–Trinajstić information content (AvgIpc) is 3.06. The van der Waals surface area contributed by atoms with E-state index in [1.54, 1.807) is 0 Å². The summed E-state index contributed by atoms with van der Waals surface area (Å²) in [6.07, 6.45) is -3.29. The van der Waals surface area contributed by atoms with E-state index < -0.39 is 11.7 Å². The molecule has 5 nitrogen and oxygen atoms in total. The molecule has 2 aromatic heterocycles. The highest BCUT2D eigenvalue weighted by Gasteiger charge is 2.33. The van der Waals surface area contributed by atoms with Gasteiger partial charge in [-0.15, -0.1) is 0 Å². The third-order valence-corrected chi connectivity index (χ3v) is 4.99. The van der Waals surface area contributed by atoms with Gasteiger partial charge in [0, 0.05) is 18.7 Å². The zero-order valence-electron chi connectivity index (χ0n) is 15.4. The van der Waals surface area contributed by atoms with Crippen LogP contribution in [-0.2, 0) is 6.18 Å². The first-order valence-corrected chi connectivity index (χ1v) is 9.53. The monoisotopic (exact) mass is 463 g/mol. The molecule has 0 aliphatic heterocycles. The second kappa shape index (κ2) is 8.01. The predicted molar refractivity (Wildman–Crippen MR) is 109 cm³/mol. The molecule has 0 radical (unpaired) electrons. The second-order valence-corrected chi connectivity index (χ2v) is 7.53. The average molecular weight is 465 g/mol. The normalized spacial score (nSPS) is 11.9. The first-order valence-electron chi connectivity index (χ1n) is 8.39. The topological polar surface area (TPSA) is 46.3 Å². The molecule has 0 amide bonds. The third-order valence-electron chi connectivity index (χ3n) is 4.12. The van der Waals surface area contributed by atoms with Crippen molar-refractivity contribution in [2.45, 2.75) is 20.0 Å². The number of hydrogen-bond acceptors (Lipinski definition) is 4. The maximum absolute atomic E-state index is 13.1. The van der Waals surface area contributed by atoms with Gasteiger partial charge in [-0.25, -0.2) is 0 Å². The van der Waals surface area contributed by atoms with Crippen LogP contribution in [0.2, 0.25) is 15.2 Å². The van der Waals surface area contributed by atoms with Crippen molar-refractivity contribution in [1.82, 2.24) is 19.6 Å². The van der Waals surface area contributed by atoms with Crippen molar-refractivity contribution in [3.63, 3.8) is 0 Å². The lowest BCUT2D eigenvalue weighted by Gasteiger charge is -2.27. The van der Waals surface area contributed by atoms with Crippen LogP contribution in [0.1, 0.15) is 19.4 Å². The van der Waals surface area contributed by atoms with E-state index in [0.717, 1.165) is 17.7 Å². The molecule has 154 valence electrons. The van der Waals surface area contributed by atoms with Crippen molar-refractivity contribution in [1.29, 1.82) is 0 Å². The molecule has 0 spiro atoms. The lowest BCUT2D eigenvalue weighted by molar-refractivity contribution is -0.137. The zero-order chi connectivity index (χ0) is 21.5. The van der Waals surface area contributed by atoms with Gasteiger partial charge in [0.05, 0.1) is 21.2 Å². The Balaban J connectivity index is 2.37. The standard InChI is InChI=1S/C18H15Cl3F3N5/c1-4-28(7-9(2)3)16-14(15(21)27-17-25-8-26-29(16)17)13-11(19)5-10(6-12(13)20)18(22,23)24/h5-6,8H,2,4,7H2,1,3H3. The number of anilines is 1. The van der Waals surface area contributed by atoms with Crippen LogP contribution in [-0.4, -0.2) is 32.7 Å². The summed E-state index contributed by atoms with van der Waals surface area (Å²) in [4.78, 5) is 10.1. The smallest absolute Gasteiger partial charge is 0.352 e. The number of hydrogen-bond donors (Lipinski definition) is 0. The molecule has 0 aliphatic rings. The molecule has 29 heavy (non-hydrogen) atoms. The Morgan fingerprint density at radius 3 is 2.31 bits per heavy atom. The Kier molecular flexibility index (Phi) is 5.98. The summed E-state index contributed by atoms with van der Waals surface area (Å²) in [5.41, 5.74) is 0.282. The molecule has 0 aliphatic carbocycles. The van der Waals surface area contributed by atoms with Gasteiger partial charge in [0.2, 0.25) is 0 Å². The highest BCUT2D eigenvalue weighted by Crippen LogP contribution is 2.46. The van der Waals surface area contributed by atoms with Crippen LogP contribution >= 0.6 is 34.8 Å². The van der Waals surface area contributed by atoms with Gasteiger partial charge in [-0.3, -0.25) is 0 Å². The van der Waals surface area contributed by atoms with Crippen molar-refractivity contribution in [3.05, 3.63) is 51.4 Å². The van der Waals surface area contributed by atoms with E-state index in [1.165, 1.54) is 10.8 Å². The minimum absolute atomic E-state index is 0.00998. The number of benzene rings is 1. The minimum Gasteiger partial charge on any atom is -0.352 e. The van der Waals surface area contributed by atoms with Crippen molar-refractivity contribution < 1.29 is 13.2 Å². The fourth-order valence-electron chi connectivity index (χ4n) is 2.95. The van der Waals surface area contributed by atoms with Crippen molar-refractivity contribution in [2.75, 3.05) is 18.0 Å². The van der Waals surface area contributed by atoms with E-state index in [4.69, 9.17) is 34.8 Å². The molecule has 11 heteroatoms. The molecular weight excluding hydrogens is 450 g/mol. The molecule has 0 saturated carbocycles. The van der Waals surface area contributed by atoms with Crippen LogP contribution in [0, 0.1) is 0 Å². The fourth-order valence-corrected chi connectivity index (χ4v) is 3.88. The molecule has 0 fully saturated rings. The number of nitrogens with zero attached hydrogens (tertiary/aromatic N) is 5. The SMILES string of the molecule is C=C(C)CN(CC)c1c(-c2c(Cl)cc(C(F)(F)F)cc2Cl)c(Cl)nc2ncnn12. The minimum atomic E-state index is -4.60. The second-order valence-electron chi connectivity index (χ2n) is 6.36. The van der Waals surface area contributed by atoms with Crippen LogP contribution < -0.4 is 4.90 Å². The summed E-state index contributed by atoms with van der Waals surface area (Å²) in [5.74, 6) is 0.680. The number of fused-ring (bicyclic) bond motifs is 1. The third kappa shape index (κ3) is 4.15. The predicted octanol–water partition coefficient (Wildman–Crippen LogP) is 6.17. The number of likely N-dealkylation sites (N-methyl/N-ethyl adjacent to an activating group) is 1. The van der Waals surface area contributed by atoms with Crippen molar-refractivity contribution in [2.24, 2.45) is 0 Å². The Labute approximate surface area is 179 Å². The summed E-state index contributed by atoms with van der Waals surface area (Å²) < 4.78 is 40.9. The summed E-state index contributed by atoms with van der Waals surface area (Å²) >= 11 is 18.9. The highest BCUT2D eigenvalue weighted by atomic mass is 35.5. The molecule has 0 atom stereocenters. The van der Waals surface area contributed by atoms with Crippen LogP contribution in [0.15, 0.2) is 30.6 Å². The van der Waals surface area contributed by atoms with E-state index in [1.807, 2.05) is 18.7 Å². The van der Waals surface area contributed by atoms with E-state index in [-0.39, 0.29) is 32.1 Å². The van der Waals surface area contributed by atoms with Gasteiger partial charge in [0.15, 0.2) is 0 Å². The van der Waals surface area contributed by atoms with Crippen LogP contribution in [0.4, 0.5) is 19.0 Å². The molecule has 0 N–H and O–H groups in total. The Morgan fingerprint density at radius 2 is 1.79 bits per heavy atom. The van der Waals surface area contributed by atoms with Gasteiger partial charge in [-0.1, -0.05) is 47.0 Å².